The minimum Gasteiger partial charge on any atom is -0.369 e. The van der Waals surface area contributed by atoms with E-state index in [1.54, 1.807) is 19.1 Å². The van der Waals surface area contributed by atoms with Crippen LogP contribution < -0.4 is 10.2 Å². The average molecular weight is 632 g/mol. The molecule has 2 saturated carbocycles. The lowest BCUT2D eigenvalue weighted by atomic mass is 10.0. The smallest absolute Gasteiger partial charge is 0.369 e. The van der Waals surface area contributed by atoms with Crippen LogP contribution in [0.15, 0.2) is 23.1 Å². The number of nitrogens with one attached hydrogen (secondary N) is 1. The Morgan fingerprint density at radius 3 is 2.21 bits per heavy atom. The number of sulfone groups is 1. The summed E-state index contributed by atoms with van der Waals surface area (Å²) in [7, 11) is -3.93. The fourth-order valence-corrected chi connectivity index (χ4v) is 7.96. The third-order valence-electron chi connectivity index (χ3n) is 8.87. The topological polar surface area (TPSA) is 114 Å². The second-order valence-electron chi connectivity index (χ2n) is 12.0. The number of anilines is 1. The molecule has 0 aromatic heterocycles. The van der Waals surface area contributed by atoms with Crippen molar-refractivity contribution < 1.29 is 31.2 Å². The first-order chi connectivity index (χ1) is 19.6. The highest BCUT2D eigenvalue weighted by Crippen LogP contribution is 2.59. The molecule has 2 heterocycles. The Kier molecular flexibility index (Phi) is 9.13. The lowest BCUT2D eigenvalue weighted by molar-refractivity contribution is -0.198. The number of alkyl halides is 3. The molecule has 1 aromatic rings. The lowest BCUT2D eigenvalue weighted by Gasteiger charge is -2.38. The first-order valence-corrected chi connectivity index (χ1v) is 16.1. The first-order valence-electron chi connectivity index (χ1n) is 14.1. The van der Waals surface area contributed by atoms with Gasteiger partial charge in [-0.2, -0.15) is 18.4 Å². The van der Waals surface area contributed by atoms with Crippen LogP contribution in [0.1, 0.15) is 52.9 Å². The van der Waals surface area contributed by atoms with Gasteiger partial charge in [0.05, 0.1) is 21.2 Å². The van der Waals surface area contributed by atoms with Gasteiger partial charge in [-0.05, 0) is 71.1 Å². The Labute approximate surface area is 249 Å². The van der Waals surface area contributed by atoms with Gasteiger partial charge in [-0.1, -0.05) is 11.6 Å². The van der Waals surface area contributed by atoms with E-state index in [0.717, 1.165) is 49.6 Å². The van der Waals surface area contributed by atoms with Gasteiger partial charge in [-0.25, -0.2) is 8.42 Å². The highest BCUT2D eigenvalue weighted by molar-refractivity contribution is 7.92. The van der Waals surface area contributed by atoms with Crippen LogP contribution in [-0.4, -0.2) is 92.3 Å². The second-order valence-corrected chi connectivity index (χ2v) is 14.6. The highest BCUT2D eigenvalue weighted by Gasteiger charge is 2.70. The minimum absolute atomic E-state index is 0.0396. The summed E-state index contributed by atoms with van der Waals surface area (Å²) in [6.07, 6.45) is -2.83. The number of nitrogens with zero attached hydrogens (tertiary/aromatic N) is 4. The van der Waals surface area contributed by atoms with Crippen molar-refractivity contribution in [1.82, 2.24) is 15.1 Å². The van der Waals surface area contributed by atoms with Gasteiger partial charge >= 0.3 is 6.18 Å². The standard InChI is InChI=1S/C23H31ClF3N3O3S.C5H6N2O/c1-15(2)28-8-10-29(11-9-28)17-4-5-20(19(24)13-17)34(32,33)18-12-16(3)30(14-18)21(31)22(6-7-22)23(25,26)27;6-3-5(1-2-5)7-4-8/h4-5,13,15-16,18H,6-12,14H2,1-3H3;4H,1-2H2,(H,7,8)/t16-,18?;/m1./s1. The molecular formula is C28H37ClF3N5O4S. The molecule has 4 aliphatic rings. The van der Waals surface area contributed by atoms with Crippen LogP contribution in [0, 0.1) is 16.7 Å². The molecule has 4 fully saturated rings. The Balaban J connectivity index is 0.000000437. The zero-order valence-corrected chi connectivity index (χ0v) is 25.5. The summed E-state index contributed by atoms with van der Waals surface area (Å²) in [5, 5.41) is 9.86. The molecule has 2 saturated heterocycles. The van der Waals surface area contributed by atoms with Crippen molar-refractivity contribution in [2.24, 2.45) is 5.41 Å². The number of halogens is 4. The Hall–Kier alpha value is -2.56. The van der Waals surface area contributed by atoms with E-state index in [2.05, 4.69) is 29.0 Å². The molecule has 1 aromatic carbocycles. The van der Waals surface area contributed by atoms with Crippen molar-refractivity contribution in [3.05, 3.63) is 23.2 Å². The highest BCUT2D eigenvalue weighted by atomic mass is 35.5. The van der Waals surface area contributed by atoms with E-state index in [4.69, 9.17) is 16.9 Å². The molecule has 0 bridgehead atoms. The predicted molar refractivity (Wildman–Crippen MR) is 152 cm³/mol. The quantitative estimate of drug-likeness (QED) is 0.456. The molecule has 1 unspecified atom stereocenters. The van der Waals surface area contributed by atoms with Gasteiger partial charge in [0, 0.05) is 50.5 Å². The number of likely N-dealkylation sites (tertiary alicyclic amines) is 1. The molecule has 2 aliphatic carbocycles. The Bertz CT molecular complexity index is 1330. The van der Waals surface area contributed by atoms with Crippen LogP contribution in [-0.2, 0) is 19.4 Å². The van der Waals surface area contributed by atoms with Crippen molar-refractivity contribution in [2.45, 2.75) is 86.8 Å². The van der Waals surface area contributed by atoms with E-state index in [1.807, 2.05) is 6.07 Å². The van der Waals surface area contributed by atoms with E-state index in [1.165, 1.54) is 6.07 Å². The number of amides is 2. The maximum Gasteiger partial charge on any atom is 0.403 e. The summed E-state index contributed by atoms with van der Waals surface area (Å²) < 4.78 is 67.1. The lowest BCUT2D eigenvalue weighted by Crippen LogP contribution is -2.48. The molecule has 42 heavy (non-hydrogen) atoms. The van der Waals surface area contributed by atoms with Gasteiger partial charge in [-0.15, -0.1) is 0 Å². The predicted octanol–water partition coefficient (Wildman–Crippen LogP) is 3.76. The summed E-state index contributed by atoms with van der Waals surface area (Å²) in [6.45, 7) is 9.06. The number of benzene rings is 1. The van der Waals surface area contributed by atoms with E-state index in [-0.39, 0.29) is 35.7 Å². The summed E-state index contributed by atoms with van der Waals surface area (Å²) in [5.41, 5.74) is -1.98. The number of hydrogen-bond donors (Lipinski definition) is 1. The number of nitriles is 1. The number of carbonyl (C=O) groups is 2. The van der Waals surface area contributed by atoms with Crippen molar-refractivity contribution in [2.75, 3.05) is 37.6 Å². The molecule has 2 aliphatic heterocycles. The monoisotopic (exact) mass is 631 g/mol. The number of hydrogen-bond acceptors (Lipinski definition) is 7. The number of piperazine rings is 1. The molecule has 2 amide bonds. The molecule has 5 rings (SSSR count). The Morgan fingerprint density at radius 2 is 1.79 bits per heavy atom. The molecule has 2 atom stereocenters. The number of rotatable bonds is 7. The maximum absolute atomic E-state index is 13.4. The minimum atomic E-state index is -4.62. The SMILES string of the molecule is CC(C)N1CCN(c2ccc(S(=O)(=O)C3C[C@@H](C)N(C(=O)C4(C(F)(F)F)CC4)C3)c(Cl)c2)CC1.N#CC1(NC=O)CC1. The van der Waals surface area contributed by atoms with Crippen molar-refractivity contribution >= 4 is 39.4 Å². The first kappa shape index (κ1) is 32.4. The maximum atomic E-state index is 13.4. The molecule has 0 radical (unpaired) electrons. The zero-order valence-electron chi connectivity index (χ0n) is 24.0. The van der Waals surface area contributed by atoms with Gasteiger partial charge in [-0.3, -0.25) is 14.5 Å². The van der Waals surface area contributed by atoms with E-state index in [9.17, 15) is 31.2 Å². The number of carbonyl (C=O) groups excluding carboxylic acids is 2. The summed E-state index contributed by atoms with van der Waals surface area (Å²) >= 11 is 6.42. The van der Waals surface area contributed by atoms with Crippen LogP contribution in [0.4, 0.5) is 18.9 Å². The van der Waals surface area contributed by atoms with Crippen LogP contribution in [0.5, 0.6) is 0 Å². The Morgan fingerprint density at radius 1 is 1.17 bits per heavy atom. The largest absolute Gasteiger partial charge is 0.403 e. The third kappa shape index (κ3) is 6.36. The fourth-order valence-electron chi connectivity index (χ4n) is 5.63. The van der Waals surface area contributed by atoms with Gasteiger partial charge in [0.25, 0.3) is 0 Å². The molecule has 0 spiro atoms. The molecular weight excluding hydrogens is 595 g/mol. The van der Waals surface area contributed by atoms with E-state index >= 15 is 0 Å². The van der Waals surface area contributed by atoms with Crippen LogP contribution in [0.2, 0.25) is 5.02 Å². The van der Waals surface area contributed by atoms with Crippen molar-refractivity contribution in [1.29, 1.82) is 5.26 Å². The molecule has 1 N–H and O–H groups in total. The zero-order chi connectivity index (χ0) is 31.1. The van der Waals surface area contributed by atoms with E-state index in [0.29, 0.717) is 12.5 Å². The molecule has 232 valence electrons. The van der Waals surface area contributed by atoms with Gasteiger partial charge < -0.3 is 15.1 Å². The van der Waals surface area contributed by atoms with Gasteiger partial charge in [0.1, 0.15) is 11.0 Å². The summed E-state index contributed by atoms with van der Waals surface area (Å²) in [6, 6.07) is 6.73. The van der Waals surface area contributed by atoms with Crippen LogP contribution in [0.3, 0.4) is 0 Å². The third-order valence-corrected chi connectivity index (χ3v) is 11.5. The van der Waals surface area contributed by atoms with Crippen molar-refractivity contribution in [3.63, 3.8) is 0 Å². The fraction of sp³-hybridized carbons (Fsp3) is 0.679. The van der Waals surface area contributed by atoms with Crippen molar-refractivity contribution in [3.8, 4) is 6.07 Å². The summed E-state index contributed by atoms with van der Waals surface area (Å²) in [4.78, 5) is 28.1. The average Bonchev–Trinajstić information content (AvgIpc) is 3.86. The van der Waals surface area contributed by atoms with Gasteiger partial charge in [0.2, 0.25) is 12.3 Å². The second kappa shape index (κ2) is 11.8. The normalized spacial score (nSPS) is 24.8. The van der Waals surface area contributed by atoms with E-state index < -0.39 is 44.2 Å². The molecule has 9 nitrogen and oxygen atoms in total. The summed E-state index contributed by atoms with van der Waals surface area (Å²) in [5.74, 6) is -1.01. The van der Waals surface area contributed by atoms with Gasteiger partial charge in [0.15, 0.2) is 9.84 Å². The van der Waals surface area contributed by atoms with Crippen LogP contribution >= 0.6 is 11.6 Å². The van der Waals surface area contributed by atoms with Crippen LogP contribution in [0.25, 0.3) is 0 Å². The molecule has 14 heteroatoms.